The highest BCUT2D eigenvalue weighted by Crippen LogP contribution is 2.11. The molecule has 0 aromatic heterocycles. The van der Waals surface area contributed by atoms with Gasteiger partial charge in [0.2, 0.25) is 5.91 Å². The predicted octanol–water partition coefficient (Wildman–Crippen LogP) is -1.58. The van der Waals surface area contributed by atoms with Gasteiger partial charge < -0.3 is 10.1 Å². The number of rotatable bonds is 4. The van der Waals surface area contributed by atoms with E-state index in [1.165, 1.54) is 11.4 Å². The molecule has 16 heavy (non-hydrogen) atoms. The number of carbonyl (C=O) groups excluding carboxylic acids is 1. The number of nitrogens with zero attached hydrogens (tertiary/aromatic N) is 1. The topological polar surface area (TPSA) is 102 Å². The molecule has 1 amide bonds. The summed E-state index contributed by atoms with van der Waals surface area (Å²) in [7, 11) is -2.14. The van der Waals surface area contributed by atoms with Gasteiger partial charge in [0.1, 0.15) is 6.61 Å². The summed E-state index contributed by atoms with van der Waals surface area (Å²) >= 11 is 0. The van der Waals surface area contributed by atoms with Gasteiger partial charge >= 0.3 is 0 Å². The molecule has 0 atom stereocenters. The molecule has 7 nitrogen and oxygen atoms in total. The number of amides is 1. The Hall–Kier alpha value is -0.700. The van der Waals surface area contributed by atoms with Gasteiger partial charge in [-0.05, 0) is 12.8 Å². The molecular weight excluding hydrogens is 234 g/mol. The van der Waals surface area contributed by atoms with E-state index in [1.807, 2.05) is 0 Å². The van der Waals surface area contributed by atoms with Crippen molar-refractivity contribution in [1.29, 1.82) is 0 Å². The van der Waals surface area contributed by atoms with Crippen LogP contribution in [0.5, 0.6) is 0 Å². The summed E-state index contributed by atoms with van der Waals surface area (Å²) in [5, 5.41) is 7.76. The summed E-state index contributed by atoms with van der Waals surface area (Å²) in [5.41, 5.74) is 0. The number of methoxy groups -OCH3 is 1. The first-order valence-corrected chi connectivity index (χ1v) is 6.50. The molecule has 0 aromatic carbocycles. The summed E-state index contributed by atoms with van der Waals surface area (Å²) in [6.07, 6.45) is 1.15. The molecule has 1 heterocycles. The van der Waals surface area contributed by atoms with E-state index < -0.39 is 10.2 Å². The molecule has 1 aliphatic heterocycles. The van der Waals surface area contributed by atoms with Crippen molar-refractivity contribution in [2.45, 2.75) is 18.9 Å². The van der Waals surface area contributed by atoms with E-state index in [9.17, 15) is 13.2 Å². The molecular formula is C8H17N3O4S. The molecule has 0 unspecified atom stereocenters. The van der Waals surface area contributed by atoms with Crippen molar-refractivity contribution in [2.24, 2.45) is 5.14 Å². The molecule has 0 aromatic rings. The van der Waals surface area contributed by atoms with Crippen molar-refractivity contribution in [2.75, 3.05) is 26.8 Å². The molecule has 3 N–H and O–H groups in total. The van der Waals surface area contributed by atoms with E-state index in [-0.39, 0.29) is 18.6 Å². The van der Waals surface area contributed by atoms with Crippen molar-refractivity contribution in [1.82, 2.24) is 9.62 Å². The molecule has 1 saturated heterocycles. The number of nitrogens with one attached hydrogen (secondary N) is 1. The van der Waals surface area contributed by atoms with E-state index >= 15 is 0 Å². The van der Waals surface area contributed by atoms with Crippen LogP contribution in [-0.4, -0.2) is 51.5 Å². The lowest BCUT2D eigenvalue weighted by atomic mass is 10.1. The quantitative estimate of drug-likeness (QED) is 0.629. The maximum Gasteiger partial charge on any atom is 0.276 e. The van der Waals surface area contributed by atoms with Gasteiger partial charge in [-0.2, -0.15) is 12.7 Å². The molecule has 1 aliphatic rings. The van der Waals surface area contributed by atoms with E-state index in [0.29, 0.717) is 25.9 Å². The van der Waals surface area contributed by atoms with Gasteiger partial charge in [0.05, 0.1) is 0 Å². The van der Waals surface area contributed by atoms with Gasteiger partial charge in [0.15, 0.2) is 0 Å². The Kier molecular flexibility index (Phi) is 4.66. The van der Waals surface area contributed by atoms with Crippen LogP contribution in [0.1, 0.15) is 12.8 Å². The smallest absolute Gasteiger partial charge is 0.276 e. The average Bonchev–Trinajstić information content (AvgIpc) is 2.17. The third-order valence-corrected chi connectivity index (χ3v) is 3.54. The Morgan fingerprint density at radius 2 is 2.06 bits per heavy atom. The first-order chi connectivity index (χ1) is 7.43. The first-order valence-electron chi connectivity index (χ1n) is 4.99. The Morgan fingerprint density at radius 3 is 2.50 bits per heavy atom. The molecule has 94 valence electrons. The summed E-state index contributed by atoms with van der Waals surface area (Å²) in [6, 6.07) is 0.000602. The fraction of sp³-hybridized carbons (Fsp3) is 0.875. The fourth-order valence-electron chi connectivity index (χ4n) is 1.66. The second kappa shape index (κ2) is 5.58. The van der Waals surface area contributed by atoms with E-state index in [1.54, 1.807) is 0 Å². The van der Waals surface area contributed by atoms with E-state index in [4.69, 9.17) is 5.14 Å². The highest BCUT2D eigenvalue weighted by atomic mass is 32.2. The summed E-state index contributed by atoms with van der Waals surface area (Å²) in [5.74, 6) is -0.184. The molecule has 1 rings (SSSR count). The number of ether oxygens (including phenoxy) is 1. The van der Waals surface area contributed by atoms with Crippen molar-refractivity contribution in [3.8, 4) is 0 Å². The van der Waals surface area contributed by atoms with Crippen LogP contribution in [0.2, 0.25) is 0 Å². The van der Waals surface area contributed by atoms with Gasteiger partial charge in [-0.15, -0.1) is 0 Å². The van der Waals surface area contributed by atoms with Crippen LogP contribution < -0.4 is 10.5 Å². The normalized spacial score (nSPS) is 19.6. The number of piperidine rings is 1. The monoisotopic (exact) mass is 251 g/mol. The Labute approximate surface area is 95.1 Å². The lowest BCUT2D eigenvalue weighted by Gasteiger charge is -2.30. The SMILES string of the molecule is COCC(=O)NC1CCN(S(N)(=O)=O)CC1. The van der Waals surface area contributed by atoms with Crippen LogP contribution in [0.15, 0.2) is 0 Å². The zero-order valence-corrected chi connectivity index (χ0v) is 10.00. The van der Waals surface area contributed by atoms with Crippen molar-refractivity contribution < 1.29 is 17.9 Å². The third kappa shape index (κ3) is 4.05. The third-order valence-electron chi connectivity index (χ3n) is 2.45. The zero-order chi connectivity index (χ0) is 12.2. The molecule has 8 heteroatoms. The Bertz CT molecular complexity index is 335. The Morgan fingerprint density at radius 1 is 1.50 bits per heavy atom. The van der Waals surface area contributed by atoms with Crippen molar-refractivity contribution >= 4 is 16.1 Å². The minimum absolute atomic E-state index is 0.000602. The minimum atomic E-state index is -3.59. The van der Waals surface area contributed by atoms with Crippen LogP contribution in [0, 0.1) is 0 Å². The molecule has 0 bridgehead atoms. The predicted molar refractivity (Wildman–Crippen MR) is 57.7 cm³/mol. The van der Waals surface area contributed by atoms with Gasteiger partial charge in [0.25, 0.3) is 10.2 Å². The molecule has 0 aliphatic carbocycles. The lowest BCUT2D eigenvalue weighted by Crippen LogP contribution is -2.48. The van der Waals surface area contributed by atoms with Crippen LogP contribution in [-0.2, 0) is 19.7 Å². The minimum Gasteiger partial charge on any atom is -0.375 e. The number of hydrogen-bond acceptors (Lipinski definition) is 4. The maximum absolute atomic E-state index is 11.2. The number of carbonyl (C=O) groups is 1. The summed E-state index contributed by atoms with van der Waals surface area (Å²) in [4.78, 5) is 11.2. The second-order valence-corrected chi connectivity index (χ2v) is 5.27. The summed E-state index contributed by atoms with van der Waals surface area (Å²) < 4.78 is 27.9. The van der Waals surface area contributed by atoms with Crippen molar-refractivity contribution in [3.63, 3.8) is 0 Å². The highest BCUT2D eigenvalue weighted by molar-refractivity contribution is 7.86. The standard InChI is InChI=1S/C8H17N3O4S/c1-15-6-8(12)10-7-2-4-11(5-3-7)16(9,13)14/h7H,2-6H2,1H3,(H,10,12)(H2,9,13,14). The van der Waals surface area contributed by atoms with Crippen molar-refractivity contribution in [3.05, 3.63) is 0 Å². The molecule has 0 spiro atoms. The summed E-state index contributed by atoms with van der Waals surface area (Å²) in [6.45, 7) is 0.711. The van der Waals surface area contributed by atoms with Crippen LogP contribution in [0.4, 0.5) is 0 Å². The fourth-order valence-corrected chi connectivity index (χ4v) is 2.37. The molecule has 1 fully saturated rings. The van der Waals surface area contributed by atoms with E-state index in [0.717, 1.165) is 0 Å². The molecule has 0 radical (unpaired) electrons. The van der Waals surface area contributed by atoms with Crippen LogP contribution in [0.25, 0.3) is 0 Å². The number of hydrogen-bond donors (Lipinski definition) is 2. The second-order valence-electron chi connectivity index (χ2n) is 3.72. The van der Waals surface area contributed by atoms with Gasteiger partial charge in [0, 0.05) is 26.2 Å². The van der Waals surface area contributed by atoms with Crippen LogP contribution >= 0.6 is 0 Å². The Balaban J connectivity index is 2.35. The van der Waals surface area contributed by atoms with Gasteiger partial charge in [-0.25, -0.2) is 5.14 Å². The lowest BCUT2D eigenvalue weighted by molar-refractivity contribution is -0.125. The number of nitrogens with two attached hydrogens (primary N) is 1. The average molecular weight is 251 g/mol. The van der Waals surface area contributed by atoms with Gasteiger partial charge in [-0.3, -0.25) is 4.79 Å². The van der Waals surface area contributed by atoms with E-state index in [2.05, 4.69) is 10.1 Å². The van der Waals surface area contributed by atoms with Crippen LogP contribution in [0.3, 0.4) is 0 Å². The maximum atomic E-state index is 11.2. The highest BCUT2D eigenvalue weighted by Gasteiger charge is 2.25. The van der Waals surface area contributed by atoms with Gasteiger partial charge in [-0.1, -0.05) is 0 Å². The first kappa shape index (κ1) is 13.4. The largest absolute Gasteiger partial charge is 0.375 e. The zero-order valence-electron chi connectivity index (χ0n) is 9.18. The molecule has 0 saturated carbocycles.